The topological polar surface area (TPSA) is 32.7 Å². The van der Waals surface area contributed by atoms with Gasteiger partial charge in [0.15, 0.2) is 0 Å². The van der Waals surface area contributed by atoms with Crippen LogP contribution in [0.15, 0.2) is 18.2 Å². The average Bonchev–Trinajstić information content (AvgIpc) is 2.38. The summed E-state index contributed by atoms with van der Waals surface area (Å²) in [6.07, 6.45) is 0.283. The van der Waals surface area contributed by atoms with Gasteiger partial charge >= 0.3 is 0 Å². The summed E-state index contributed by atoms with van der Waals surface area (Å²) in [4.78, 5) is 2.05. The highest BCUT2D eigenvalue weighted by Crippen LogP contribution is 2.33. The van der Waals surface area contributed by atoms with Gasteiger partial charge in [0.1, 0.15) is 5.82 Å². The highest BCUT2D eigenvalue weighted by molar-refractivity contribution is 5.57. The molecule has 3 atom stereocenters. The quantitative estimate of drug-likeness (QED) is 0.914. The van der Waals surface area contributed by atoms with E-state index in [2.05, 4.69) is 6.92 Å². The van der Waals surface area contributed by atoms with Crippen LogP contribution in [0.5, 0.6) is 0 Å². The van der Waals surface area contributed by atoms with Crippen molar-refractivity contribution in [2.75, 3.05) is 18.1 Å². The molecule has 2 unspecified atom stereocenters. The largest absolute Gasteiger partial charge is 0.389 e. The number of benzene rings is 1. The Balaban J connectivity index is 2.43. The third-order valence-electron chi connectivity index (χ3n) is 3.69. The monoisotopic (exact) mass is 267 g/mol. The first-order valence-corrected chi connectivity index (χ1v) is 6.89. The number of rotatable bonds is 3. The predicted molar refractivity (Wildman–Crippen MR) is 73.9 cm³/mol. The van der Waals surface area contributed by atoms with Gasteiger partial charge in [-0.25, -0.2) is 4.39 Å². The number of ether oxygens (including phenoxy) is 1. The minimum Gasteiger partial charge on any atom is -0.389 e. The van der Waals surface area contributed by atoms with Gasteiger partial charge < -0.3 is 14.7 Å². The highest BCUT2D eigenvalue weighted by atomic mass is 19.1. The number of hydrogen-bond donors (Lipinski definition) is 1. The molecule has 1 aromatic carbocycles. The fourth-order valence-electron chi connectivity index (χ4n) is 2.63. The van der Waals surface area contributed by atoms with Crippen LogP contribution in [0.2, 0.25) is 0 Å². The standard InChI is InChI=1S/C15H22FNO2/c1-4-12-9-19-10(2)8-17(12)15-13(11(3)18)6-5-7-14(15)16/h5-7,10-12,18H,4,8-9H2,1-3H3/t10?,11-,12?/m0/s1. The van der Waals surface area contributed by atoms with Gasteiger partial charge in [0.2, 0.25) is 0 Å². The van der Waals surface area contributed by atoms with Crippen LogP contribution in [0.4, 0.5) is 10.1 Å². The van der Waals surface area contributed by atoms with E-state index in [0.29, 0.717) is 24.4 Å². The summed E-state index contributed by atoms with van der Waals surface area (Å²) in [5.41, 5.74) is 1.17. The first-order valence-electron chi connectivity index (χ1n) is 6.89. The van der Waals surface area contributed by atoms with Crippen molar-refractivity contribution >= 4 is 5.69 Å². The SMILES string of the molecule is CCC1COC(C)CN1c1c(F)cccc1[C@H](C)O. The van der Waals surface area contributed by atoms with Crippen molar-refractivity contribution in [3.63, 3.8) is 0 Å². The molecule has 0 aromatic heterocycles. The Hall–Kier alpha value is -1.13. The smallest absolute Gasteiger partial charge is 0.146 e. The van der Waals surface area contributed by atoms with Crippen molar-refractivity contribution in [1.82, 2.24) is 0 Å². The van der Waals surface area contributed by atoms with Gasteiger partial charge in [-0.3, -0.25) is 0 Å². The average molecular weight is 267 g/mol. The molecule has 1 N–H and O–H groups in total. The Bertz CT molecular complexity index is 436. The molecule has 1 saturated heterocycles. The molecule has 106 valence electrons. The summed E-state index contributed by atoms with van der Waals surface area (Å²) in [7, 11) is 0. The van der Waals surface area contributed by atoms with Crippen molar-refractivity contribution in [2.24, 2.45) is 0 Å². The number of halogens is 1. The lowest BCUT2D eigenvalue weighted by molar-refractivity contribution is 0.0294. The number of morpholine rings is 1. The molecule has 1 fully saturated rings. The minimum absolute atomic E-state index is 0.0734. The number of nitrogens with zero attached hydrogens (tertiary/aromatic N) is 1. The van der Waals surface area contributed by atoms with E-state index in [0.717, 1.165) is 6.42 Å². The zero-order chi connectivity index (χ0) is 14.0. The van der Waals surface area contributed by atoms with Crippen LogP contribution < -0.4 is 4.90 Å². The van der Waals surface area contributed by atoms with E-state index >= 15 is 0 Å². The zero-order valence-electron chi connectivity index (χ0n) is 11.8. The van der Waals surface area contributed by atoms with Crippen LogP contribution in [-0.2, 0) is 4.74 Å². The molecule has 0 radical (unpaired) electrons. The molecule has 3 nitrogen and oxygen atoms in total. The lowest BCUT2D eigenvalue weighted by Gasteiger charge is -2.41. The van der Waals surface area contributed by atoms with Gasteiger partial charge in [0, 0.05) is 12.1 Å². The maximum Gasteiger partial charge on any atom is 0.146 e. The summed E-state index contributed by atoms with van der Waals surface area (Å²) in [6, 6.07) is 5.04. The van der Waals surface area contributed by atoms with Crippen molar-refractivity contribution < 1.29 is 14.2 Å². The summed E-state index contributed by atoms with van der Waals surface area (Å²) in [6.45, 7) is 6.98. The van der Waals surface area contributed by atoms with Gasteiger partial charge in [0.25, 0.3) is 0 Å². The van der Waals surface area contributed by atoms with Crippen molar-refractivity contribution in [3.05, 3.63) is 29.6 Å². The fourth-order valence-corrected chi connectivity index (χ4v) is 2.63. The van der Waals surface area contributed by atoms with Gasteiger partial charge in [-0.2, -0.15) is 0 Å². The third kappa shape index (κ3) is 2.90. The third-order valence-corrected chi connectivity index (χ3v) is 3.69. The first kappa shape index (κ1) is 14.3. The van der Waals surface area contributed by atoms with E-state index < -0.39 is 6.10 Å². The molecule has 0 saturated carbocycles. The summed E-state index contributed by atoms with van der Waals surface area (Å²) < 4.78 is 19.9. The van der Waals surface area contributed by atoms with E-state index in [1.54, 1.807) is 19.1 Å². The second-order valence-corrected chi connectivity index (χ2v) is 5.21. The molecule has 2 rings (SSSR count). The predicted octanol–water partition coefficient (Wildman–Crippen LogP) is 2.88. The van der Waals surface area contributed by atoms with Crippen LogP contribution >= 0.6 is 0 Å². The van der Waals surface area contributed by atoms with E-state index in [1.165, 1.54) is 6.07 Å². The molecule has 0 bridgehead atoms. The first-order chi connectivity index (χ1) is 9.04. The molecule has 1 aliphatic heterocycles. The Labute approximate surface area is 114 Å². The van der Waals surface area contributed by atoms with Crippen LogP contribution in [-0.4, -0.2) is 30.4 Å². The molecular weight excluding hydrogens is 245 g/mol. The van der Waals surface area contributed by atoms with Crippen molar-refractivity contribution in [3.8, 4) is 0 Å². The molecular formula is C15H22FNO2. The second kappa shape index (κ2) is 5.88. The number of hydrogen-bond acceptors (Lipinski definition) is 3. The highest BCUT2D eigenvalue weighted by Gasteiger charge is 2.29. The number of aliphatic hydroxyl groups excluding tert-OH is 1. The Morgan fingerprint density at radius 2 is 2.26 bits per heavy atom. The van der Waals surface area contributed by atoms with Crippen LogP contribution in [0.3, 0.4) is 0 Å². The molecule has 0 amide bonds. The summed E-state index contributed by atoms with van der Waals surface area (Å²) >= 11 is 0. The van der Waals surface area contributed by atoms with Gasteiger partial charge in [-0.1, -0.05) is 19.1 Å². The van der Waals surface area contributed by atoms with E-state index in [4.69, 9.17) is 4.74 Å². The minimum atomic E-state index is -0.679. The lowest BCUT2D eigenvalue weighted by atomic mass is 10.0. The van der Waals surface area contributed by atoms with Crippen molar-refractivity contribution in [2.45, 2.75) is 45.4 Å². The molecule has 0 aliphatic carbocycles. The number of para-hydroxylation sites is 1. The maximum absolute atomic E-state index is 14.2. The second-order valence-electron chi connectivity index (χ2n) is 5.21. The van der Waals surface area contributed by atoms with Crippen LogP contribution in [0.1, 0.15) is 38.9 Å². The Morgan fingerprint density at radius 1 is 1.53 bits per heavy atom. The lowest BCUT2D eigenvalue weighted by Crippen LogP contribution is -2.49. The molecule has 1 aromatic rings. The van der Waals surface area contributed by atoms with Crippen LogP contribution in [0, 0.1) is 5.82 Å². The Morgan fingerprint density at radius 3 is 2.89 bits per heavy atom. The number of anilines is 1. The zero-order valence-corrected chi connectivity index (χ0v) is 11.8. The normalized spacial score (nSPS) is 25.4. The molecule has 1 aliphatic rings. The summed E-state index contributed by atoms with van der Waals surface area (Å²) in [5.74, 6) is -0.272. The van der Waals surface area contributed by atoms with E-state index in [9.17, 15) is 9.50 Å². The molecule has 19 heavy (non-hydrogen) atoms. The molecule has 0 spiro atoms. The summed E-state index contributed by atoms with van der Waals surface area (Å²) in [5, 5.41) is 9.86. The maximum atomic E-state index is 14.2. The fraction of sp³-hybridized carbons (Fsp3) is 0.600. The van der Waals surface area contributed by atoms with E-state index in [-0.39, 0.29) is 18.0 Å². The van der Waals surface area contributed by atoms with E-state index in [1.807, 2.05) is 11.8 Å². The van der Waals surface area contributed by atoms with Gasteiger partial charge in [-0.15, -0.1) is 0 Å². The van der Waals surface area contributed by atoms with Gasteiger partial charge in [-0.05, 0) is 26.3 Å². The molecule has 1 heterocycles. The van der Waals surface area contributed by atoms with Crippen molar-refractivity contribution in [1.29, 1.82) is 0 Å². The van der Waals surface area contributed by atoms with Gasteiger partial charge in [0.05, 0.1) is 30.5 Å². The van der Waals surface area contributed by atoms with Crippen LogP contribution in [0.25, 0.3) is 0 Å². The molecule has 4 heteroatoms. The Kier molecular flexibility index (Phi) is 4.42. The number of aliphatic hydroxyl groups is 1.